The zero-order chi connectivity index (χ0) is 9.83. The Hall–Kier alpha value is -1.46. The van der Waals surface area contributed by atoms with E-state index in [0.717, 1.165) is 11.0 Å². The Bertz CT molecular complexity index is 583. The molecular weight excluding hydrogens is 226 g/mol. The van der Waals surface area contributed by atoms with E-state index in [9.17, 15) is 0 Å². The van der Waals surface area contributed by atoms with Crippen molar-refractivity contribution in [3.63, 3.8) is 0 Å². The first-order valence-corrected chi connectivity index (χ1v) is 6.28. The fourth-order valence-corrected chi connectivity index (χ4v) is 3.94. The maximum absolute atomic E-state index is 4.22. The number of thiophene rings is 2. The molecule has 0 saturated carbocycles. The number of benzene rings is 1. The molecule has 3 aromatic heterocycles. The number of hydrogen-bond donors (Lipinski definition) is 1. The van der Waals surface area contributed by atoms with Gasteiger partial charge < -0.3 is 0 Å². The third kappa shape index (κ3) is 0.848. The molecule has 0 unspecified atom stereocenters. The standard InChI is InChI=1S/C10H5N3S2/c1-3-14-9-5(1)7-8(12-13-11-7)6-2-4-15-10(6)9/h1-4H,(H,11,12,13). The van der Waals surface area contributed by atoms with Crippen LogP contribution in [0, 0.1) is 0 Å². The van der Waals surface area contributed by atoms with Crippen LogP contribution in [-0.4, -0.2) is 15.4 Å². The molecule has 3 heterocycles. The Labute approximate surface area is 92.3 Å². The van der Waals surface area contributed by atoms with Crippen molar-refractivity contribution in [1.29, 1.82) is 0 Å². The molecule has 3 nitrogen and oxygen atoms in total. The van der Waals surface area contributed by atoms with E-state index in [2.05, 4.69) is 38.3 Å². The predicted octanol–water partition coefficient (Wildman–Crippen LogP) is 3.39. The summed E-state index contributed by atoms with van der Waals surface area (Å²) in [5.74, 6) is 0. The summed E-state index contributed by atoms with van der Waals surface area (Å²) in [7, 11) is 0. The van der Waals surface area contributed by atoms with Gasteiger partial charge >= 0.3 is 0 Å². The first kappa shape index (κ1) is 7.78. The predicted molar refractivity (Wildman–Crippen MR) is 64.7 cm³/mol. The number of aromatic amines is 1. The quantitative estimate of drug-likeness (QED) is 0.504. The highest BCUT2D eigenvalue weighted by atomic mass is 32.1. The molecule has 0 radical (unpaired) electrons. The minimum Gasteiger partial charge on any atom is -0.197 e. The number of nitrogens with zero attached hydrogens (tertiary/aromatic N) is 2. The van der Waals surface area contributed by atoms with Crippen molar-refractivity contribution in [2.24, 2.45) is 0 Å². The van der Waals surface area contributed by atoms with Crippen molar-refractivity contribution in [3.8, 4) is 0 Å². The first-order valence-electron chi connectivity index (χ1n) is 4.52. The molecule has 0 bridgehead atoms. The average molecular weight is 231 g/mol. The number of nitrogens with one attached hydrogen (secondary N) is 1. The molecule has 0 atom stereocenters. The third-order valence-electron chi connectivity index (χ3n) is 2.59. The highest BCUT2D eigenvalue weighted by Gasteiger charge is 2.12. The zero-order valence-electron chi connectivity index (χ0n) is 7.52. The van der Waals surface area contributed by atoms with Gasteiger partial charge in [0.05, 0.1) is 9.40 Å². The van der Waals surface area contributed by atoms with Crippen molar-refractivity contribution in [2.45, 2.75) is 0 Å². The maximum Gasteiger partial charge on any atom is 0.122 e. The molecule has 72 valence electrons. The van der Waals surface area contributed by atoms with Crippen LogP contribution in [0.3, 0.4) is 0 Å². The second-order valence-electron chi connectivity index (χ2n) is 3.35. The molecule has 0 saturated heterocycles. The number of hydrogen-bond acceptors (Lipinski definition) is 4. The van der Waals surface area contributed by atoms with E-state index in [0.29, 0.717) is 0 Å². The third-order valence-corrected chi connectivity index (χ3v) is 4.59. The van der Waals surface area contributed by atoms with Gasteiger partial charge in [-0.25, -0.2) is 0 Å². The zero-order valence-corrected chi connectivity index (χ0v) is 9.15. The number of aromatic nitrogens is 3. The molecule has 0 amide bonds. The summed E-state index contributed by atoms with van der Waals surface area (Å²) < 4.78 is 2.64. The van der Waals surface area contributed by atoms with Gasteiger partial charge in [-0.05, 0) is 22.9 Å². The highest BCUT2D eigenvalue weighted by molar-refractivity contribution is 7.25. The molecule has 0 spiro atoms. The lowest BCUT2D eigenvalue weighted by molar-refractivity contribution is 0.961. The summed E-state index contributed by atoms with van der Waals surface area (Å²) in [4.78, 5) is 0. The van der Waals surface area contributed by atoms with Crippen molar-refractivity contribution in [2.75, 3.05) is 0 Å². The van der Waals surface area contributed by atoms with Gasteiger partial charge in [0.1, 0.15) is 11.0 Å². The minimum absolute atomic E-state index is 0.983. The Balaban J connectivity index is 2.56. The van der Waals surface area contributed by atoms with Gasteiger partial charge in [-0.3, -0.25) is 0 Å². The number of fused-ring (bicyclic) bond motifs is 6. The van der Waals surface area contributed by atoms with Crippen LogP contribution in [0.5, 0.6) is 0 Å². The van der Waals surface area contributed by atoms with Gasteiger partial charge in [-0.2, -0.15) is 15.4 Å². The van der Waals surface area contributed by atoms with E-state index in [4.69, 9.17) is 0 Å². The van der Waals surface area contributed by atoms with Gasteiger partial charge in [-0.1, -0.05) is 0 Å². The van der Waals surface area contributed by atoms with Gasteiger partial charge in [0.2, 0.25) is 0 Å². The molecule has 0 fully saturated rings. The van der Waals surface area contributed by atoms with Crippen LogP contribution in [0.15, 0.2) is 22.9 Å². The molecule has 1 N–H and O–H groups in total. The van der Waals surface area contributed by atoms with Gasteiger partial charge in [0.25, 0.3) is 0 Å². The van der Waals surface area contributed by atoms with Gasteiger partial charge in [0, 0.05) is 10.8 Å². The summed E-state index contributed by atoms with van der Waals surface area (Å²) in [6.45, 7) is 0. The second-order valence-corrected chi connectivity index (χ2v) is 5.18. The normalized spacial score (nSPS) is 12.0. The van der Waals surface area contributed by atoms with Crippen molar-refractivity contribution >= 4 is 53.9 Å². The van der Waals surface area contributed by atoms with Gasteiger partial charge in [0.15, 0.2) is 0 Å². The Morgan fingerprint density at radius 1 is 0.867 bits per heavy atom. The molecule has 4 rings (SSSR count). The average Bonchev–Trinajstić information content (AvgIpc) is 2.97. The SMILES string of the molecule is c1cc2c3n[nH]nc3c3ccsc3c2s1. The fraction of sp³-hybridized carbons (Fsp3) is 0. The largest absolute Gasteiger partial charge is 0.197 e. The van der Waals surface area contributed by atoms with Crippen LogP contribution in [0.25, 0.3) is 31.2 Å². The Morgan fingerprint density at radius 2 is 1.40 bits per heavy atom. The van der Waals surface area contributed by atoms with E-state index < -0.39 is 0 Å². The maximum atomic E-state index is 4.22. The molecule has 0 aliphatic rings. The molecule has 4 aromatic rings. The topological polar surface area (TPSA) is 41.6 Å². The smallest absolute Gasteiger partial charge is 0.122 e. The van der Waals surface area contributed by atoms with Gasteiger partial charge in [-0.15, -0.1) is 22.7 Å². The number of H-pyrrole nitrogens is 1. The van der Waals surface area contributed by atoms with E-state index in [1.54, 1.807) is 22.7 Å². The number of rotatable bonds is 0. The summed E-state index contributed by atoms with van der Waals surface area (Å²) in [5, 5.41) is 17.8. The second kappa shape index (κ2) is 2.56. The van der Waals surface area contributed by atoms with Crippen molar-refractivity contribution in [1.82, 2.24) is 15.4 Å². The van der Waals surface area contributed by atoms with Crippen LogP contribution < -0.4 is 0 Å². The van der Waals surface area contributed by atoms with E-state index in [1.807, 2.05) is 0 Å². The summed E-state index contributed by atoms with van der Waals surface area (Å²) in [5.41, 5.74) is 1.97. The Morgan fingerprint density at radius 3 is 1.93 bits per heavy atom. The Kier molecular flexibility index (Phi) is 1.33. The molecule has 0 aliphatic carbocycles. The van der Waals surface area contributed by atoms with Crippen LogP contribution in [-0.2, 0) is 0 Å². The molecule has 0 aliphatic heterocycles. The van der Waals surface area contributed by atoms with Crippen LogP contribution in [0.1, 0.15) is 0 Å². The lowest BCUT2D eigenvalue weighted by Crippen LogP contribution is -1.72. The van der Waals surface area contributed by atoms with Crippen molar-refractivity contribution < 1.29 is 0 Å². The lowest BCUT2D eigenvalue weighted by atomic mass is 10.2. The summed E-state index contributed by atoms with van der Waals surface area (Å²) in [6.07, 6.45) is 0. The molecule has 15 heavy (non-hydrogen) atoms. The van der Waals surface area contributed by atoms with Crippen molar-refractivity contribution in [3.05, 3.63) is 22.9 Å². The van der Waals surface area contributed by atoms with E-state index in [1.165, 1.54) is 20.2 Å². The van der Waals surface area contributed by atoms with Crippen LogP contribution in [0.2, 0.25) is 0 Å². The van der Waals surface area contributed by atoms with Crippen LogP contribution >= 0.6 is 22.7 Å². The highest BCUT2D eigenvalue weighted by Crippen LogP contribution is 2.38. The monoisotopic (exact) mass is 231 g/mol. The van der Waals surface area contributed by atoms with Crippen LogP contribution in [0.4, 0.5) is 0 Å². The van der Waals surface area contributed by atoms with E-state index >= 15 is 0 Å². The lowest BCUT2D eigenvalue weighted by Gasteiger charge is -1.93. The first-order chi connectivity index (χ1) is 7.45. The van der Waals surface area contributed by atoms with E-state index in [-0.39, 0.29) is 0 Å². The molecular formula is C10H5N3S2. The fourth-order valence-electron chi connectivity index (χ4n) is 1.95. The summed E-state index contributed by atoms with van der Waals surface area (Å²) >= 11 is 3.54. The minimum atomic E-state index is 0.983. The molecule has 5 heteroatoms. The summed E-state index contributed by atoms with van der Waals surface area (Å²) in [6, 6.07) is 4.23. The molecule has 1 aromatic carbocycles.